The van der Waals surface area contributed by atoms with Crippen molar-refractivity contribution in [3.05, 3.63) is 30.5 Å². The highest BCUT2D eigenvalue weighted by Gasteiger charge is 2.18. The number of para-hydroxylation sites is 1. The van der Waals surface area contributed by atoms with E-state index >= 15 is 0 Å². The van der Waals surface area contributed by atoms with Gasteiger partial charge in [-0.3, -0.25) is 4.98 Å². The number of fused-ring (bicyclic) bond motifs is 3. The van der Waals surface area contributed by atoms with Crippen LogP contribution in [0.15, 0.2) is 30.5 Å². The lowest BCUT2D eigenvalue weighted by atomic mass is 10.1. The molecule has 0 radical (unpaired) electrons. The second kappa shape index (κ2) is 5.12. The summed E-state index contributed by atoms with van der Waals surface area (Å²) in [4.78, 5) is 8.96. The van der Waals surface area contributed by atoms with Crippen LogP contribution in [0, 0.1) is 0 Å². The number of nitrogens with zero attached hydrogens (tertiary/aromatic N) is 3. The molecule has 0 fully saturated rings. The van der Waals surface area contributed by atoms with Crippen LogP contribution in [0.4, 0.5) is 5.95 Å². The van der Waals surface area contributed by atoms with Crippen LogP contribution < -0.4 is 5.73 Å². The Bertz CT molecular complexity index is 745. The molecule has 0 saturated heterocycles. The topological polar surface area (TPSA) is 56.7 Å². The fraction of sp³-hybridized carbons (Fsp3) is 0.375. The Labute approximate surface area is 118 Å². The predicted octanol–water partition coefficient (Wildman–Crippen LogP) is 3.92. The smallest absolute Gasteiger partial charge is 0.201 e. The Morgan fingerprint density at radius 3 is 2.75 bits per heavy atom. The molecule has 1 unspecified atom stereocenters. The van der Waals surface area contributed by atoms with Gasteiger partial charge in [-0.25, -0.2) is 4.98 Å². The first-order valence-corrected chi connectivity index (χ1v) is 7.27. The van der Waals surface area contributed by atoms with Gasteiger partial charge in [0.2, 0.25) is 5.95 Å². The molecule has 1 atom stereocenters. The van der Waals surface area contributed by atoms with Crippen molar-refractivity contribution in [2.45, 2.75) is 39.2 Å². The lowest BCUT2D eigenvalue weighted by Gasteiger charge is -2.19. The van der Waals surface area contributed by atoms with E-state index in [0.717, 1.165) is 41.2 Å². The lowest BCUT2D eigenvalue weighted by Crippen LogP contribution is -2.11. The first-order chi connectivity index (χ1) is 9.76. The van der Waals surface area contributed by atoms with Gasteiger partial charge in [-0.1, -0.05) is 38.5 Å². The summed E-state index contributed by atoms with van der Waals surface area (Å²) in [6.45, 7) is 4.41. The summed E-state index contributed by atoms with van der Waals surface area (Å²) in [6, 6.07) is 8.58. The van der Waals surface area contributed by atoms with Gasteiger partial charge >= 0.3 is 0 Å². The largest absolute Gasteiger partial charge is 0.369 e. The van der Waals surface area contributed by atoms with Crippen molar-refractivity contribution >= 4 is 27.9 Å². The van der Waals surface area contributed by atoms with Gasteiger partial charge in [0, 0.05) is 11.4 Å². The fourth-order valence-electron chi connectivity index (χ4n) is 2.96. The SMILES string of the molecule is CCCC(CC)n1c(N)nc2cnc3ccccc3c21. The molecule has 104 valence electrons. The number of pyridine rings is 1. The van der Waals surface area contributed by atoms with Crippen LogP contribution in [-0.4, -0.2) is 14.5 Å². The van der Waals surface area contributed by atoms with Gasteiger partial charge in [-0.2, -0.15) is 0 Å². The Balaban J connectivity index is 2.34. The Morgan fingerprint density at radius 2 is 2.00 bits per heavy atom. The summed E-state index contributed by atoms with van der Waals surface area (Å²) in [6.07, 6.45) is 5.13. The molecule has 0 saturated carbocycles. The highest BCUT2D eigenvalue weighted by atomic mass is 15.2. The minimum absolute atomic E-state index is 0.399. The van der Waals surface area contributed by atoms with Crippen molar-refractivity contribution in [1.82, 2.24) is 14.5 Å². The summed E-state index contributed by atoms with van der Waals surface area (Å²) in [7, 11) is 0. The van der Waals surface area contributed by atoms with Crippen LogP contribution in [0.5, 0.6) is 0 Å². The van der Waals surface area contributed by atoms with Crippen molar-refractivity contribution < 1.29 is 0 Å². The minimum Gasteiger partial charge on any atom is -0.369 e. The molecular weight excluding hydrogens is 248 g/mol. The molecule has 1 aromatic carbocycles. The van der Waals surface area contributed by atoms with Crippen LogP contribution in [-0.2, 0) is 0 Å². The molecule has 0 aliphatic rings. The van der Waals surface area contributed by atoms with E-state index in [2.05, 4.69) is 34.4 Å². The highest BCUT2D eigenvalue weighted by molar-refractivity contribution is 6.03. The summed E-state index contributed by atoms with van der Waals surface area (Å²) < 4.78 is 2.20. The maximum absolute atomic E-state index is 6.18. The zero-order valence-corrected chi connectivity index (χ0v) is 12.0. The van der Waals surface area contributed by atoms with E-state index in [1.807, 2.05) is 24.4 Å². The summed E-state index contributed by atoms with van der Waals surface area (Å²) in [5.41, 5.74) is 9.17. The molecule has 0 amide bonds. The van der Waals surface area contributed by atoms with E-state index in [-0.39, 0.29) is 0 Å². The normalized spacial score (nSPS) is 13.1. The summed E-state index contributed by atoms with van der Waals surface area (Å²) in [5.74, 6) is 0.596. The maximum Gasteiger partial charge on any atom is 0.201 e. The third kappa shape index (κ3) is 1.92. The van der Waals surface area contributed by atoms with Crippen molar-refractivity contribution in [1.29, 1.82) is 0 Å². The van der Waals surface area contributed by atoms with Gasteiger partial charge in [0.15, 0.2) is 0 Å². The first kappa shape index (κ1) is 12.9. The van der Waals surface area contributed by atoms with E-state index < -0.39 is 0 Å². The van der Waals surface area contributed by atoms with E-state index in [9.17, 15) is 0 Å². The monoisotopic (exact) mass is 268 g/mol. The molecule has 2 heterocycles. The summed E-state index contributed by atoms with van der Waals surface area (Å²) >= 11 is 0. The van der Waals surface area contributed by atoms with Crippen molar-refractivity contribution in [2.75, 3.05) is 5.73 Å². The lowest BCUT2D eigenvalue weighted by molar-refractivity contribution is 0.464. The van der Waals surface area contributed by atoms with Gasteiger partial charge in [0.25, 0.3) is 0 Å². The van der Waals surface area contributed by atoms with Crippen molar-refractivity contribution in [3.8, 4) is 0 Å². The third-order valence-corrected chi connectivity index (χ3v) is 3.91. The Kier molecular flexibility index (Phi) is 3.30. The maximum atomic E-state index is 6.18. The fourth-order valence-corrected chi connectivity index (χ4v) is 2.96. The van der Waals surface area contributed by atoms with Gasteiger partial charge < -0.3 is 10.3 Å². The van der Waals surface area contributed by atoms with E-state index in [0.29, 0.717) is 12.0 Å². The number of imidazole rings is 1. The molecule has 3 aromatic rings. The molecule has 2 N–H and O–H groups in total. The molecule has 2 aromatic heterocycles. The van der Waals surface area contributed by atoms with Crippen molar-refractivity contribution in [3.63, 3.8) is 0 Å². The molecule has 4 nitrogen and oxygen atoms in total. The zero-order valence-electron chi connectivity index (χ0n) is 12.0. The van der Waals surface area contributed by atoms with Crippen LogP contribution in [0.25, 0.3) is 21.9 Å². The number of rotatable bonds is 4. The molecule has 20 heavy (non-hydrogen) atoms. The number of hydrogen-bond acceptors (Lipinski definition) is 3. The van der Waals surface area contributed by atoms with Gasteiger partial charge in [0.05, 0.1) is 17.2 Å². The molecule has 0 aliphatic heterocycles. The second-order valence-corrected chi connectivity index (χ2v) is 5.20. The number of nitrogen functional groups attached to an aromatic ring is 1. The average molecular weight is 268 g/mol. The van der Waals surface area contributed by atoms with E-state index in [1.54, 1.807) is 0 Å². The molecule has 0 spiro atoms. The molecule has 0 aliphatic carbocycles. The number of aromatic nitrogens is 3. The summed E-state index contributed by atoms with van der Waals surface area (Å²) in [5, 5.41) is 1.13. The molecule has 4 heteroatoms. The minimum atomic E-state index is 0.399. The van der Waals surface area contributed by atoms with Crippen LogP contribution >= 0.6 is 0 Å². The molecular formula is C16H20N4. The van der Waals surface area contributed by atoms with Crippen LogP contribution in [0.3, 0.4) is 0 Å². The van der Waals surface area contributed by atoms with Crippen LogP contribution in [0.1, 0.15) is 39.2 Å². The number of anilines is 1. The molecule has 3 rings (SSSR count). The quantitative estimate of drug-likeness (QED) is 0.780. The standard InChI is InChI=1S/C16H20N4/c1-3-7-11(4-2)20-15-12-8-5-6-9-13(12)18-10-14(15)19-16(20)17/h5-6,8-11H,3-4,7H2,1-2H3,(H2,17,19). The Morgan fingerprint density at radius 1 is 1.20 bits per heavy atom. The van der Waals surface area contributed by atoms with Gasteiger partial charge in [-0.15, -0.1) is 0 Å². The van der Waals surface area contributed by atoms with E-state index in [4.69, 9.17) is 5.73 Å². The van der Waals surface area contributed by atoms with Crippen molar-refractivity contribution in [2.24, 2.45) is 0 Å². The zero-order chi connectivity index (χ0) is 14.1. The first-order valence-electron chi connectivity index (χ1n) is 7.27. The predicted molar refractivity (Wildman–Crippen MR) is 83.7 cm³/mol. The number of benzene rings is 1. The van der Waals surface area contributed by atoms with Gasteiger partial charge in [0.1, 0.15) is 5.52 Å². The number of hydrogen-bond donors (Lipinski definition) is 1. The van der Waals surface area contributed by atoms with Gasteiger partial charge in [-0.05, 0) is 18.9 Å². The van der Waals surface area contributed by atoms with Crippen LogP contribution in [0.2, 0.25) is 0 Å². The second-order valence-electron chi connectivity index (χ2n) is 5.20. The number of nitrogens with two attached hydrogens (primary N) is 1. The molecule has 0 bridgehead atoms. The average Bonchev–Trinajstić information content (AvgIpc) is 2.81. The van der Waals surface area contributed by atoms with E-state index in [1.165, 1.54) is 0 Å². The third-order valence-electron chi connectivity index (χ3n) is 3.91. The Hall–Kier alpha value is -2.10. The highest BCUT2D eigenvalue weighted by Crippen LogP contribution is 2.31.